The van der Waals surface area contributed by atoms with E-state index < -0.39 is 12.0 Å². The van der Waals surface area contributed by atoms with Crippen LogP contribution in [0.1, 0.15) is 20.3 Å². The molecule has 2 amide bonds. The molecule has 0 radical (unpaired) electrons. The number of urea groups is 1. The fraction of sp³-hybridized carbons (Fsp3) is 0.500. The predicted octanol–water partition coefficient (Wildman–Crippen LogP) is 0.589. The Balaban J connectivity index is 2.62. The van der Waals surface area contributed by atoms with Gasteiger partial charge in [0.1, 0.15) is 0 Å². The van der Waals surface area contributed by atoms with Crippen molar-refractivity contribution in [3.8, 4) is 0 Å². The molecule has 18 heavy (non-hydrogen) atoms. The summed E-state index contributed by atoms with van der Waals surface area (Å²) in [5.41, 5.74) is 0. The van der Waals surface area contributed by atoms with Crippen LogP contribution < -0.4 is 5.32 Å². The lowest BCUT2D eigenvalue weighted by atomic mass is 10.3. The van der Waals surface area contributed by atoms with Crippen LogP contribution in [0.25, 0.3) is 0 Å². The highest BCUT2D eigenvalue weighted by Crippen LogP contribution is 2.04. The number of nitrogens with zero attached hydrogens (tertiary/aromatic N) is 4. The van der Waals surface area contributed by atoms with Gasteiger partial charge < -0.3 is 10.0 Å². The van der Waals surface area contributed by atoms with E-state index in [-0.39, 0.29) is 25.0 Å². The van der Waals surface area contributed by atoms with Crippen molar-refractivity contribution < 1.29 is 14.7 Å². The predicted molar refractivity (Wildman–Crippen MR) is 62.9 cm³/mol. The summed E-state index contributed by atoms with van der Waals surface area (Å²) in [6.07, 6.45) is 2.68. The van der Waals surface area contributed by atoms with Crippen molar-refractivity contribution in [3.63, 3.8) is 0 Å². The van der Waals surface area contributed by atoms with E-state index in [1.807, 2.05) is 0 Å². The molecule has 8 heteroatoms. The fourth-order valence-electron chi connectivity index (χ4n) is 1.28. The third-order valence-corrected chi connectivity index (χ3v) is 2.15. The van der Waals surface area contributed by atoms with Crippen LogP contribution in [0.15, 0.2) is 12.4 Å². The van der Waals surface area contributed by atoms with Gasteiger partial charge in [-0.05, 0) is 13.8 Å². The number of carboxylic acid groups (broad SMARTS) is 1. The van der Waals surface area contributed by atoms with Crippen molar-refractivity contribution in [2.45, 2.75) is 26.3 Å². The van der Waals surface area contributed by atoms with E-state index in [1.54, 1.807) is 13.8 Å². The van der Waals surface area contributed by atoms with Crippen molar-refractivity contribution >= 4 is 17.9 Å². The number of amides is 2. The summed E-state index contributed by atoms with van der Waals surface area (Å²) < 4.78 is 0. The molecule has 0 unspecified atom stereocenters. The number of aliphatic carboxylic acids is 1. The van der Waals surface area contributed by atoms with Crippen LogP contribution in [0, 0.1) is 0 Å². The standard InChI is InChI=1S/C10H15N5O3/c1-7(2)15(6-3-8(16)17)10(18)13-9-11-4-5-12-14-9/h4-5,7H,3,6H2,1-2H3,(H,16,17)(H,11,13,14,18). The largest absolute Gasteiger partial charge is 0.481 e. The van der Waals surface area contributed by atoms with Gasteiger partial charge in [-0.25, -0.2) is 9.78 Å². The maximum absolute atomic E-state index is 11.9. The molecule has 1 aromatic heterocycles. The zero-order valence-electron chi connectivity index (χ0n) is 10.2. The quantitative estimate of drug-likeness (QED) is 0.794. The Kier molecular flexibility index (Phi) is 4.97. The molecule has 0 atom stereocenters. The number of hydrogen-bond acceptors (Lipinski definition) is 5. The number of aromatic nitrogens is 3. The topological polar surface area (TPSA) is 108 Å². The molecule has 0 saturated carbocycles. The van der Waals surface area contributed by atoms with E-state index in [2.05, 4.69) is 20.5 Å². The molecule has 0 fully saturated rings. The minimum absolute atomic E-state index is 0.0866. The molecule has 0 spiro atoms. The summed E-state index contributed by atoms with van der Waals surface area (Å²) in [5.74, 6) is -0.866. The van der Waals surface area contributed by atoms with Crippen LogP contribution >= 0.6 is 0 Å². The third-order valence-electron chi connectivity index (χ3n) is 2.15. The summed E-state index contributed by atoms with van der Waals surface area (Å²) in [7, 11) is 0. The molecule has 0 aliphatic heterocycles. The second-order valence-corrected chi connectivity index (χ2v) is 3.83. The van der Waals surface area contributed by atoms with Crippen molar-refractivity contribution in [2.75, 3.05) is 11.9 Å². The Labute approximate surface area is 104 Å². The minimum atomic E-state index is -0.953. The SMILES string of the molecule is CC(C)N(CCC(=O)O)C(=O)Nc1nccnn1. The molecule has 1 rings (SSSR count). The van der Waals surface area contributed by atoms with E-state index in [9.17, 15) is 9.59 Å². The maximum atomic E-state index is 11.9. The fourth-order valence-corrected chi connectivity index (χ4v) is 1.28. The van der Waals surface area contributed by atoms with Crippen molar-refractivity contribution in [1.82, 2.24) is 20.1 Å². The summed E-state index contributed by atoms with van der Waals surface area (Å²) >= 11 is 0. The molecule has 0 aromatic carbocycles. The molecular weight excluding hydrogens is 238 g/mol. The van der Waals surface area contributed by atoms with E-state index >= 15 is 0 Å². The second-order valence-electron chi connectivity index (χ2n) is 3.83. The molecule has 2 N–H and O–H groups in total. The highest BCUT2D eigenvalue weighted by molar-refractivity contribution is 5.87. The second kappa shape index (κ2) is 6.48. The molecule has 0 saturated heterocycles. The first-order chi connectivity index (χ1) is 8.50. The van der Waals surface area contributed by atoms with Gasteiger partial charge in [-0.3, -0.25) is 10.1 Å². The highest BCUT2D eigenvalue weighted by Gasteiger charge is 2.18. The number of carboxylic acids is 1. The van der Waals surface area contributed by atoms with Gasteiger partial charge in [-0.15, -0.1) is 5.10 Å². The van der Waals surface area contributed by atoms with Crippen LogP contribution in [0.4, 0.5) is 10.7 Å². The van der Waals surface area contributed by atoms with Crippen molar-refractivity contribution in [1.29, 1.82) is 0 Å². The Morgan fingerprint density at radius 2 is 2.17 bits per heavy atom. The molecule has 8 nitrogen and oxygen atoms in total. The number of carbonyl (C=O) groups excluding carboxylic acids is 1. The molecule has 98 valence electrons. The number of anilines is 1. The van der Waals surface area contributed by atoms with E-state index in [0.29, 0.717) is 0 Å². The Bertz CT molecular complexity index is 409. The van der Waals surface area contributed by atoms with Gasteiger partial charge >= 0.3 is 12.0 Å². The Morgan fingerprint density at radius 1 is 1.44 bits per heavy atom. The number of nitrogens with one attached hydrogen (secondary N) is 1. The van der Waals surface area contributed by atoms with Crippen LogP contribution in [0.2, 0.25) is 0 Å². The Hall–Kier alpha value is -2.25. The molecule has 0 bridgehead atoms. The van der Waals surface area contributed by atoms with Crippen molar-refractivity contribution in [2.24, 2.45) is 0 Å². The van der Waals surface area contributed by atoms with Gasteiger partial charge in [0, 0.05) is 12.6 Å². The van der Waals surface area contributed by atoms with Crippen LogP contribution in [0.5, 0.6) is 0 Å². The minimum Gasteiger partial charge on any atom is -0.481 e. The lowest BCUT2D eigenvalue weighted by molar-refractivity contribution is -0.137. The smallest absolute Gasteiger partial charge is 0.324 e. The molecule has 0 aliphatic rings. The first-order valence-electron chi connectivity index (χ1n) is 5.44. The first kappa shape index (κ1) is 13.8. The zero-order chi connectivity index (χ0) is 13.5. The summed E-state index contributed by atoms with van der Waals surface area (Å²) in [5, 5.41) is 18.3. The monoisotopic (exact) mass is 253 g/mol. The van der Waals surface area contributed by atoms with E-state index in [1.165, 1.54) is 17.3 Å². The van der Waals surface area contributed by atoms with Crippen molar-refractivity contribution in [3.05, 3.63) is 12.4 Å². The van der Waals surface area contributed by atoms with Gasteiger partial charge in [0.2, 0.25) is 0 Å². The van der Waals surface area contributed by atoms with Gasteiger partial charge in [-0.2, -0.15) is 5.10 Å². The van der Waals surface area contributed by atoms with Gasteiger partial charge in [0.15, 0.2) is 0 Å². The molecule has 1 aromatic rings. The van der Waals surface area contributed by atoms with E-state index in [0.717, 1.165) is 0 Å². The maximum Gasteiger partial charge on any atom is 0.324 e. The number of rotatable bonds is 5. The van der Waals surface area contributed by atoms with Gasteiger partial charge in [0.05, 0.1) is 18.8 Å². The third kappa shape index (κ3) is 4.32. The lowest BCUT2D eigenvalue weighted by Gasteiger charge is -2.25. The summed E-state index contributed by atoms with van der Waals surface area (Å²) in [6, 6.07) is -0.569. The van der Waals surface area contributed by atoms with E-state index in [4.69, 9.17) is 5.11 Å². The van der Waals surface area contributed by atoms with Crippen LogP contribution in [-0.2, 0) is 4.79 Å². The molecular formula is C10H15N5O3. The summed E-state index contributed by atoms with van der Waals surface area (Å²) in [4.78, 5) is 27.6. The normalized spacial score (nSPS) is 10.2. The lowest BCUT2D eigenvalue weighted by Crippen LogP contribution is -2.41. The average Bonchev–Trinajstić information content (AvgIpc) is 2.29. The molecule has 1 heterocycles. The molecule has 0 aliphatic carbocycles. The van der Waals surface area contributed by atoms with Gasteiger partial charge in [0.25, 0.3) is 5.95 Å². The van der Waals surface area contributed by atoms with Crippen LogP contribution in [-0.4, -0.2) is 49.8 Å². The highest BCUT2D eigenvalue weighted by atomic mass is 16.4. The zero-order valence-corrected chi connectivity index (χ0v) is 10.2. The first-order valence-corrected chi connectivity index (χ1v) is 5.44. The average molecular weight is 253 g/mol. The Morgan fingerprint density at radius 3 is 2.67 bits per heavy atom. The van der Waals surface area contributed by atoms with Crippen LogP contribution in [0.3, 0.4) is 0 Å². The summed E-state index contributed by atoms with van der Waals surface area (Å²) in [6.45, 7) is 3.72. The van der Waals surface area contributed by atoms with Gasteiger partial charge in [-0.1, -0.05) is 0 Å². The number of hydrogen-bond donors (Lipinski definition) is 2. The number of carbonyl (C=O) groups is 2.